The van der Waals surface area contributed by atoms with E-state index in [0.29, 0.717) is 5.56 Å². The van der Waals surface area contributed by atoms with Gasteiger partial charge in [-0.2, -0.15) is 12.6 Å². The van der Waals surface area contributed by atoms with Gasteiger partial charge in [0.1, 0.15) is 16.6 Å². The van der Waals surface area contributed by atoms with Crippen LogP contribution in [0.15, 0.2) is 6.33 Å². The second-order valence-electron chi connectivity index (χ2n) is 2.81. The maximum absolute atomic E-state index is 10.2. The van der Waals surface area contributed by atoms with Crippen LogP contribution in [-0.2, 0) is 6.42 Å². The van der Waals surface area contributed by atoms with Gasteiger partial charge < -0.3 is 0 Å². The summed E-state index contributed by atoms with van der Waals surface area (Å²) in [6.45, 7) is -0.259. The minimum atomic E-state index is -0.457. The van der Waals surface area contributed by atoms with Gasteiger partial charge in [-0.15, -0.1) is 0 Å². The third kappa shape index (κ3) is 3.81. The van der Waals surface area contributed by atoms with Crippen LogP contribution in [0.25, 0.3) is 0 Å². The highest BCUT2D eigenvalue weighted by Crippen LogP contribution is 2.22. The summed E-state index contributed by atoms with van der Waals surface area (Å²) in [5.74, 6) is 0. The highest BCUT2D eigenvalue weighted by molar-refractivity contribution is 7.81. The van der Waals surface area contributed by atoms with E-state index in [1.54, 1.807) is 0 Å². The quantitative estimate of drug-likeness (QED) is 0.392. The van der Waals surface area contributed by atoms with Gasteiger partial charge in [0.15, 0.2) is 0 Å². The van der Waals surface area contributed by atoms with Crippen molar-refractivity contribution >= 4 is 35.8 Å². The minimum absolute atomic E-state index is 0.206. The zero-order valence-corrected chi connectivity index (χ0v) is 9.84. The van der Waals surface area contributed by atoms with Crippen molar-refractivity contribution < 1.29 is 4.92 Å². The van der Waals surface area contributed by atoms with E-state index in [4.69, 9.17) is 23.2 Å². The van der Waals surface area contributed by atoms with Gasteiger partial charge in [0.05, 0.1) is 5.25 Å². The van der Waals surface area contributed by atoms with Crippen molar-refractivity contribution in [2.45, 2.75) is 11.7 Å². The van der Waals surface area contributed by atoms with Crippen LogP contribution in [0.1, 0.15) is 5.56 Å². The first-order chi connectivity index (χ1) is 7.00. The van der Waals surface area contributed by atoms with Gasteiger partial charge in [-0.25, -0.2) is 9.97 Å². The Balaban J connectivity index is 2.76. The molecule has 0 radical (unpaired) electrons. The molecule has 15 heavy (non-hydrogen) atoms. The topological polar surface area (TPSA) is 68.9 Å². The largest absolute Gasteiger partial charge is 0.265 e. The van der Waals surface area contributed by atoms with Gasteiger partial charge in [0.25, 0.3) is 0 Å². The van der Waals surface area contributed by atoms with Crippen molar-refractivity contribution in [2.24, 2.45) is 0 Å². The highest BCUT2D eigenvalue weighted by atomic mass is 35.5. The fraction of sp³-hybridized carbons (Fsp3) is 0.429. The molecule has 1 aromatic rings. The number of nitrogens with zero attached hydrogens (tertiary/aromatic N) is 3. The van der Waals surface area contributed by atoms with E-state index < -0.39 is 10.2 Å². The van der Waals surface area contributed by atoms with Crippen LogP contribution in [0, 0.1) is 10.1 Å². The molecule has 0 N–H and O–H groups in total. The first-order valence-electron chi connectivity index (χ1n) is 3.95. The number of nitro groups is 1. The summed E-state index contributed by atoms with van der Waals surface area (Å²) in [7, 11) is 0. The summed E-state index contributed by atoms with van der Waals surface area (Å²) < 4.78 is 0. The molecule has 0 bridgehead atoms. The molecule has 8 heteroatoms. The van der Waals surface area contributed by atoms with Gasteiger partial charge in [0.2, 0.25) is 6.54 Å². The lowest BCUT2D eigenvalue weighted by molar-refractivity contribution is -0.478. The molecule has 1 rings (SSSR count). The predicted molar refractivity (Wildman–Crippen MR) is 60.4 cm³/mol. The highest BCUT2D eigenvalue weighted by Gasteiger charge is 2.16. The first-order valence-corrected chi connectivity index (χ1v) is 5.22. The Kier molecular flexibility index (Phi) is 4.56. The van der Waals surface area contributed by atoms with Gasteiger partial charge in [-0.05, 0) is 6.42 Å². The van der Waals surface area contributed by atoms with E-state index in [0.717, 1.165) is 0 Å². The Morgan fingerprint density at radius 2 is 2.00 bits per heavy atom. The lowest BCUT2D eigenvalue weighted by Gasteiger charge is -2.07. The molecular formula is C7H7Cl2N3O2S. The number of hydrogen-bond donors (Lipinski definition) is 1. The standard InChI is InChI=1S/C7H7Cl2N3O2S/c8-6-5(7(9)11-3-10-6)1-4(15)2-12(13)14/h3-4,15H,1-2H2. The average Bonchev–Trinajstić information content (AvgIpc) is 2.10. The van der Waals surface area contributed by atoms with Crippen LogP contribution in [0.4, 0.5) is 0 Å². The first kappa shape index (κ1) is 12.5. The summed E-state index contributed by atoms with van der Waals surface area (Å²) in [6, 6.07) is 0. The Labute approximate surface area is 101 Å². The van der Waals surface area contributed by atoms with Gasteiger partial charge in [-0.3, -0.25) is 10.1 Å². The van der Waals surface area contributed by atoms with Crippen molar-refractivity contribution in [2.75, 3.05) is 6.54 Å². The van der Waals surface area contributed by atoms with Crippen LogP contribution in [-0.4, -0.2) is 26.7 Å². The Bertz CT molecular complexity index is 357. The molecule has 0 aliphatic rings. The number of hydrogen-bond acceptors (Lipinski definition) is 5. The number of halogens is 2. The molecule has 82 valence electrons. The van der Waals surface area contributed by atoms with Gasteiger partial charge >= 0.3 is 0 Å². The Morgan fingerprint density at radius 1 is 1.47 bits per heavy atom. The minimum Gasteiger partial charge on any atom is -0.265 e. The molecule has 0 amide bonds. The lowest BCUT2D eigenvalue weighted by Crippen LogP contribution is -2.17. The van der Waals surface area contributed by atoms with E-state index in [-0.39, 0.29) is 23.3 Å². The summed E-state index contributed by atoms with van der Waals surface area (Å²) >= 11 is 15.6. The van der Waals surface area contributed by atoms with Crippen molar-refractivity contribution in [3.05, 3.63) is 32.3 Å². The summed E-state index contributed by atoms with van der Waals surface area (Å²) in [5, 5.41) is 10.2. The number of rotatable bonds is 4. The summed E-state index contributed by atoms with van der Waals surface area (Å²) in [6.07, 6.45) is 1.50. The van der Waals surface area contributed by atoms with Crippen LogP contribution in [0.5, 0.6) is 0 Å². The molecule has 5 nitrogen and oxygen atoms in total. The van der Waals surface area contributed by atoms with Gasteiger partial charge in [-0.1, -0.05) is 23.2 Å². The predicted octanol–water partition coefficient (Wildman–Crippen LogP) is 1.90. The van der Waals surface area contributed by atoms with E-state index in [1.165, 1.54) is 6.33 Å². The van der Waals surface area contributed by atoms with Crippen molar-refractivity contribution in [1.82, 2.24) is 9.97 Å². The number of thiol groups is 1. The molecule has 1 aromatic heterocycles. The normalized spacial score (nSPS) is 12.5. The van der Waals surface area contributed by atoms with Crippen molar-refractivity contribution in [3.8, 4) is 0 Å². The summed E-state index contributed by atoms with van der Waals surface area (Å²) in [5.41, 5.74) is 0.489. The van der Waals surface area contributed by atoms with E-state index in [2.05, 4.69) is 22.6 Å². The smallest absolute Gasteiger partial charge is 0.215 e. The molecule has 1 atom stereocenters. The fourth-order valence-electron chi connectivity index (χ4n) is 1.01. The molecule has 0 spiro atoms. The second kappa shape index (κ2) is 5.48. The van der Waals surface area contributed by atoms with Crippen molar-refractivity contribution in [1.29, 1.82) is 0 Å². The molecule has 0 aliphatic carbocycles. The van der Waals surface area contributed by atoms with E-state index in [9.17, 15) is 10.1 Å². The molecule has 1 heterocycles. The second-order valence-corrected chi connectivity index (χ2v) is 4.25. The molecule has 0 aliphatic heterocycles. The third-order valence-corrected chi connectivity index (χ3v) is 2.64. The molecular weight excluding hydrogens is 261 g/mol. The lowest BCUT2D eigenvalue weighted by atomic mass is 10.2. The summed E-state index contributed by atoms with van der Waals surface area (Å²) in [4.78, 5) is 17.3. The van der Waals surface area contributed by atoms with Crippen LogP contribution < -0.4 is 0 Å². The number of aromatic nitrogens is 2. The van der Waals surface area contributed by atoms with E-state index >= 15 is 0 Å². The zero-order valence-electron chi connectivity index (χ0n) is 7.43. The average molecular weight is 268 g/mol. The zero-order chi connectivity index (χ0) is 11.4. The monoisotopic (exact) mass is 267 g/mol. The molecule has 0 saturated heterocycles. The maximum Gasteiger partial charge on any atom is 0.215 e. The third-order valence-electron chi connectivity index (χ3n) is 1.64. The Hall–Kier alpha value is -0.590. The van der Waals surface area contributed by atoms with Gasteiger partial charge in [0, 0.05) is 10.5 Å². The molecule has 0 saturated carbocycles. The van der Waals surface area contributed by atoms with Crippen molar-refractivity contribution in [3.63, 3.8) is 0 Å². The molecule has 0 aromatic carbocycles. The van der Waals surface area contributed by atoms with Crippen LogP contribution in [0.2, 0.25) is 10.3 Å². The Morgan fingerprint density at radius 3 is 2.47 bits per heavy atom. The fourth-order valence-corrected chi connectivity index (χ4v) is 1.80. The SMILES string of the molecule is O=[N+]([O-])CC(S)Cc1c(Cl)ncnc1Cl. The van der Waals surface area contributed by atoms with Crippen LogP contribution >= 0.6 is 35.8 Å². The maximum atomic E-state index is 10.2. The van der Waals surface area contributed by atoms with E-state index in [1.807, 2.05) is 0 Å². The molecule has 0 fully saturated rings. The molecule has 1 unspecified atom stereocenters. The van der Waals surface area contributed by atoms with Crippen LogP contribution in [0.3, 0.4) is 0 Å².